The van der Waals surface area contributed by atoms with E-state index < -0.39 is 29.2 Å². The molecule has 9 heteroatoms. The fourth-order valence-corrected chi connectivity index (χ4v) is 2.30. The molecule has 9 nitrogen and oxygen atoms in total. The Balaban J connectivity index is 2.38. The zero-order valence-corrected chi connectivity index (χ0v) is 13.5. The Morgan fingerprint density at radius 1 is 1.38 bits per heavy atom. The van der Waals surface area contributed by atoms with Gasteiger partial charge in [-0.05, 0) is 18.4 Å². The number of nitrogens with zero attached hydrogens (tertiary/aromatic N) is 2. The van der Waals surface area contributed by atoms with Crippen LogP contribution in [0, 0.1) is 5.92 Å². The van der Waals surface area contributed by atoms with Crippen LogP contribution in [0.3, 0.4) is 0 Å². The highest BCUT2D eigenvalue weighted by atomic mass is 16.4. The molecule has 0 bridgehead atoms. The summed E-state index contributed by atoms with van der Waals surface area (Å²) in [4.78, 5) is 53.0. The van der Waals surface area contributed by atoms with E-state index in [1.54, 1.807) is 0 Å². The Morgan fingerprint density at radius 2 is 2.04 bits per heavy atom. The SMILES string of the molecule is CC(C)C[C@H](NC(=O)c1cnc2c(c1)c(=O)[nH]c(=O)n2C)C(=O)O. The molecule has 2 aromatic heterocycles. The van der Waals surface area contributed by atoms with Gasteiger partial charge in [0.25, 0.3) is 11.5 Å². The van der Waals surface area contributed by atoms with Crippen molar-refractivity contribution in [3.63, 3.8) is 0 Å². The molecule has 0 aliphatic carbocycles. The number of carbonyl (C=O) groups excluding carboxylic acids is 1. The summed E-state index contributed by atoms with van der Waals surface area (Å²) < 4.78 is 1.15. The Kier molecular flexibility index (Phi) is 4.82. The van der Waals surface area contributed by atoms with Crippen molar-refractivity contribution < 1.29 is 14.7 Å². The monoisotopic (exact) mass is 334 g/mol. The number of aromatic amines is 1. The van der Waals surface area contributed by atoms with E-state index in [9.17, 15) is 24.3 Å². The molecule has 0 aliphatic heterocycles. The predicted molar refractivity (Wildman–Crippen MR) is 85.9 cm³/mol. The maximum Gasteiger partial charge on any atom is 0.329 e. The number of hydrogen-bond donors (Lipinski definition) is 3. The molecular weight excluding hydrogens is 316 g/mol. The number of aliphatic carboxylic acids is 1. The van der Waals surface area contributed by atoms with E-state index in [1.165, 1.54) is 19.3 Å². The number of H-pyrrole nitrogens is 1. The van der Waals surface area contributed by atoms with Gasteiger partial charge in [-0.25, -0.2) is 14.6 Å². The Labute approximate surface area is 136 Å². The van der Waals surface area contributed by atoms with E-state index in [4.69, 9.17) is 0 Å². The van der Waals surface area contributed by atoms with E-state index in [0.717, 1.165) is 4.57 Å². The molecule has 0 unspecified atom stereocenters. The van der Waals surface area contributed by atoms with Crippen molar-refractivity contribution in [1.29, 1.82) is 0 Å². The Bertz CT molecular complexity index is 912. The lowest BCUT2D eigenvalue weighted by molar-refractivity contribution is -0.139. The lowest BCUT2D eigenvalue weighted by Crippen LogP contribution is -2.41. The number of aryl methyl sites for hydroxylation is 1. The first-order valence-corrected chi connectivity index (χ1v) is 7.33. The first-order valence-electron chi connectivity index (χ1n) is 7.33. The number of rotatable bonds is 5. The van der Waals surface area contributed by atoms with Crippen LogP contribution in [0.1, 0.15) is 30.6 Å². The van der Waals surface area contributed by atoms with Crippen molar-refractivity contribution in [1.82, 2.24) is 19.9 Å². The molecule has 24 heavy (non-hydrogen) atoms. The van der Waals surface area contributed by atoms with Crippen LogP contribution in [-0.2, 0) is 11.8 Å². The summed E-state index contributed by atoms with van der Waals surface area (Å²) in [6.45, 7) is 3.69. The largest absolute Gasteiger partial charge is 0.480 e. The van der Waals surface area contributed by atoms with Crippen LogP contribution in [0.15, 0.2) is 21.9 Å². The number of carboxylic acids is 1. The maximum atomic E-state index is 12.3. The van der Waals surface area contributed by atoms with Crippen LogP contribution >= 0.6 is 0 Å². The van der Waals surface area contributed by atoms with Crippen molar-refractivity contribution in [2.24, 2.45) is 13.0 Å². The van der Waals surface area contributed by atoms with Crippen molar-refractivity contribution in [3.05, 3.63) is 38.7 Å². The van der Waals surface area contributed by atoms with Gasteiger partial charge >= 0.3 is 11.7 Å². The second kappa shape index (κ2) is 6.65. The molecule has 0 radical (unpaired) electrons. The van der Waals surface area contributed by atoms with E-state index in [0.29, 0.717) is 0 Å². The maximum absolute atomic E-state index is 12.3. The van der Waals surface area contributed by atoms with Crippen LogP contribution in [0.4, 0.5) is 0 Å². The van der Waals surface area contributed by atoms with Gasteiger partial charge in [-0.15, -0.1) is 0 Å². The van der Waals surface area contributed by atoms with Crippen molar-refractivity contribution in [2.45, 2.75) is 26.3 Å². The van der Waals surface area contributed by atoms with Crippen LogP contribution in [-0.4, -0.2) is 37.6 Å². The van der Waals surface area contributed by atoms with Crippen LogP contribution in [0.25, 0.3) is 11.0 Å². The van der Waals surface area contributed by atoms with Gasteiger partial charge in [0, 0.05) is 13.2 Å². The highest BCUT2D eigenvalue weighted by Gasteiger charge is 2.22. The number of fused-ring (bicyclic) bond motifs is 1. The zero-order valence-electron chi connectivity index (χ0n) is 13.5. The molecule has 0 fully saturated rings. The third-order valence-corrected chi connectivity index (χ3v) is 3.53. The second-order valence-corrected chi connectivity index (χ2v) is 5.91. The molecule has 1 amide bonds. The van der Waals surface area contributed by atoms with Gasteiger partial charge in [-0.3, -0.25) is 19.1 Å². The number of carbonyl (C=O) groups is 2. The minimum atomic E-state index is -1.13. The van der Waals surface area contributed by atoms with Crippen molar-refractivity contribution in [2.75, 3.05) is 0 Å². The number of aromatic nitrogens is 3. The fraction of sp³-hybridized carbons (Fsp3) is 0.400. The van der Waals surface area contributed by atoms with Gasteiger partial charge in [-0.2, -0.15) is 0 Å². The van der Waals surface area contributed by atoms with Crippen molar-refractivity contribution >= 4 is 22.9 Å². The number of pyridine rings is 1. The fourth-order valence-electron chi connectivity index (χ4n) is 2.30. The van der Waals surface area contributed by atoms with Gasteiger partial charge in [-0.1, -0.05) is 13.8 Å². The molecule has 0 spiro atoms. The zero-order chi connectivity index (χ0) is 18.0. The summed E-state index contributed by atoms with van der Waals surface area (Å²) in [5.74, 6) is -1.70. The number of hydrogen-bond acceptors (Lipinski definition) is 5. The quantitative estimate of drug-likeness (QED) is 0.696. The lowest BCUT2D eigenvalue weighted by Gasteiger charge is -2.16. The van der Waals surface area contributed by atoms with E-state index in [-0.39, 0.29) is 28.9 Å². The Hall–Kier alpha value is -2.97. The molecule has 2 rings (SSSR count). The summed E-state index contributed by atoms with van der Waals surface area (Å²) in [5.41, 5.74) is -1.09. The van der Waals surface area contributed by atoms with Gasteiger partial charge in [0.2, 0.25) is 0 Å². The van der Waals surface area contributed by atoms with Gasteiger partial charge in [0.05, 0.1) is 10.9 Å². The molecule has 0 saturated heterocycles. The molecule has 0 aromatic carbocycles. The number of nitrogens with one attached hydrogen (secondary N) is 2. The van der Waals surface area contributed by atoms with Crippen molar-refractivity contribution in [3.8, 4) is 0 Å². The average molecular weight is 334 g/mol. The molecule has 2 heterocycles. The molecule has 1 atom stereocenters. The molecule has 0 saturated carbocycles. The summed E-state index contributed by atoms with van der Waals surface area (Å²) in [6.07, 6.45) is 1.47. The highest BCUT2D eigenvalue weighted by Crippen LogP contribution is 2.09. The third kappa shape index (κ3) is 3.50. The van der Waals surface area contributed by atoms with Crippen LogP contribution in [0.5, 0.6) is 0 Å². The second-order valence-electron chi connectivity index (χ2n) is 5.91. The van der Waals surface area contributed by atoms with Gasteiger partial charge in [0.1, 0.15) is 11.7 Å². The number of carboxylic acid groups (broad SMARTS) is 1. The van der Waals surface area contributed by atoms with Crippen LogP contribution < -0.4 is 16.6 Å². The van der Waals surface area contributed by atoms with Crippen LogP contribution in [0.2, 0.25) is 0 Å². The van der Waals surface area contributed by atoms with E-state index >= 15 is 0 Å². The molecule has 128 valence electrons. The average Bonchev–Trinajstić information content (AvgIpc) is 2.51. The molecular formula is C15H18N4O5. The smallest absolute Gasteiger partial charge is 0.329 e. The van der Waals surface area contributed by atoms with Gasteiger partial charge < -0.3 is 10.4 Å². The molecule has 3 N–H and O–H groups in total. The normalized spacial score (nSPS) is 12.3. The minimum Gasteiger partial charge on any atom is -0.480 e. The van der Waals surface area contributed by atoms with E-state index in [2.05, 4.69) is 15.3 Å². The lowest BCUT2D eigenvalue weighted by atomic mass is 10.0. The highest BCUT2D eigenvalue weighted by molar-refractivity contribution is 5.98. The van der Waals surface area contributed by atoms with E-state index in [1.807, 2.05) is 13.8 Å². The third-order valence-electron chi connectivity index (χ3n) is 3.53. The first kappa shape index (κ1) is 17.4. The first-order chi connectivity index (χ1) is 11.2. The molecule has 2 aromatic rings. The summed E-state index contributed by atoms with van der Waals surface area (Å²) in [6, 6.07) is 0.246. The van der Waals surface area contributed by atoms with Gasteiger partial charge in [0.15, 0.2) is 0 Å². The predicted octanol–water partition coefficient (Wildman–Crippen LogP) is -0.149. The summed E-state index contributed by atoms with van der Waals surface area (Å²) >= 11 is 0. The topological polar surface area (TPSA) is 134 Å². The molecule has 0 aliphatic rings. The minimum absolute atomic E-state index is 0.0432. The summed E-state index contributed by atoms with van der Waals surface area (Å²) in [5, 5.41) is 11.7. The summed E-state index contributed by atoms with van der Waals surface area (Å²) in [7, 11) is 1.44. The number of amides is 1. The Morgan fingerprint density at radius 3 is 2.62 bits per heavy atom. The standard InChI is InChI=1S/C15H18N4O5/c1-7(2)4-10(14(22)23)17-12(20)8-5-9-11(16-6-8)19(3)15(24)18-13(9)21/h5-7,10H,4H2,1-3H3,(H,17,20)(H,22,23)(H,18,21,24)/t10-/m0/s1.